The van der Waals surface area contributed by atoms with Gasteiger partial charge in [-0.15, -0.1) is 0 Å². The third-order valence-corrected chi connectivity index (χ3v) is 3.96. The standard InChI is InChI=1S/C17H20N2O/c20-17(19-12-4-1-5-13-19)11-10-15-9-8-14-6-2-3-7-16(14)18-15/h2-3,6-9H,1,4-5,10-13H2. The Bertz CT molecular complexity index is 603. The van der Waals surface area contributed by atoms with Crippen LogP contribution < -0.4 is 0 Å². The van der Waals surface area contributed by atoms with Gasteiger partial charge >= 0.3 is 0 Å². The van der Waals surface area contributed by atoms with Crippen molar-refractivity contribution in [3.63, 3.8) is 0 Å². The predicted octanol–water partition coefficient (Wildman–Crippen LogP) is 3.18. The predicted molar refractivity (Wildman–Crippen MR) is 80.5 cm³/mol. The number of amides is 1. The number of pyridine rings is 1. The van der Waals surface area contributed by atoms with Gasteiger partial charge in [-0.3, -0.25) is 9.78 Å². The summed E-state index contributed by atoms with van der Waals surface area (Å²) in [7, 11) is 0. The Hall–Kier alpha value is -1.90. The van der Waals surface area contributed by atoms with Crippen molar-refractivity contribution >= 4 is 16.8 Å². The van der Waals surface area contributed by atoms with Crippen LogP contribution in [0.1, 0.15) is 31.4 Å². The van der Waals surface area contributed by atoms with Crippen LogP contribution in [0, 0.1) is 0 Å². The lowest BCUT2D eigenvalue weighted by Gasteiger charge is -2.26. The van der Waals surface area contributed by atoms with Crippen LogP contribution in [0.4, 0.5) is 0 Å². The highest BCUT2D eigenvalue weighted by Gasteiger charge is 2.16. The molecule has 2 heterocycles. The van der Waals surface area contributed by atoms with Gasteiger partial charge in [0.25, 0.3) is 0 Å². The van der Waals surface area contributed by atoms with E-state index in [0.29, 0.717) is 6.42 Å². The molecule has 0 bridgehead atoms. The summed E-state index contributed by atoms with van der Waals surface area (Å²) in [5.74, 6) is 0.277. The maximum Gasteiger partial charge on any atom is 0.222 e. The molecule has 0 aliphatic carbocycles. The van der Waals surface area contributed by atoms with Gasteiger partial charge in [0.15, 0.2) is 0 Å². The molecule has 0 unspecified atom stereocenters. The average Bonchev–Trinajstić information content (AvgIpc) is 2.53. The zero-order valence-corrected chi connectivity index (χ0v) is 11.7. The lowest BCUT2D eigenvalue weighted by Crippen LogP contribution is -2.35. The van der Waals surface area contributed by atoms with Crippen LogP contribution in [0.3, 0.4) is 0 Å². The molecule has 1 aliphatic heterocycles. The lowest BCUT2D eigenvalue weighted by molar-refractivity contribution is -0.132. The van der Waals surface area contributed by atoms with Crippen molar-refractivity contribution in [1.29, 1.82) is 0 Å². The first kappa shape index (κ1) is 13.1. The third-order valence-electron chi connectivity index (χ3n) is 3.96. The molecular weight excluding hydrogens is 248 g/mol. The molecule has 1 fully saturated rings. The van der Waals surface area contributed by atoms with Crippen LogP contribution in [-0.4, -0.2) is 28.9 Å². The Morgan fingerprint density at radius 1 is 1.05 bits per heavy atom. The fourth-order valence-electron chi connectivity index (χ4n) is 2.78. The minimum absolute atomic E-state index is 0.277. The van der Waals surface area contributed by atoms with Gasteiger partial charge in [-0.1, -0.05) is 24.3 Å². The molecule has 0 saturated carbocycles. The van der Waals surface area contributed by atoms with Crippen LogP contribution in [0.5, 0.6) is 0 Å². The second kappa shape index (κ2) is 6.04. The summed E-state index contributed by atoms with van der Waals surface area (Å²) in [5, 5.41) is 1.15. The van der Waals surface area contributed by atoms with Gasteiger partial charge in [0.2, 0.25) is 5.91 Å². The molecule has 104 valence electrons. The van der Waals surface area contributed by atoms with Crippen LogP contribution >= 0.6 is 0 Å². The van der Waals surface area contributed by atoms with E-state index in [1.807, 2.05) is 29.2 Å². The number of nitrogens with zero attached hydrogens (tertiary/aromatic N) is 2. The van der Waals surface area contributed by atoms with E-state index in [0.717, 1.165) is 48.9 Å². The highest BCUT2D eigenvalue weighted by Crippen LogP contribution is 2.14. The third kappa shape index (κ3) is 2.98. The molecule has 3 nitrogen and oxygen atoms in total. The van der Waals surface area contributed by atoms with Gasteiger partial charge in [0.1, 0.15) is 0 Å². The fraction of sp³-hybridized carbons (Fsp3) is 0.412. The summed E-state index contributed by atoms with van der Waals surface area (Å²) in [6, 6.07) is 12.2. The maximum absolute atomic E-state index is 12.1. The molecule has 1 amide bonds. The van der Waals surface area contributed by atoms with E-state index in [1.54, 1.807) is 0 Å². The largest absolute Gasteiger partial charge is 0.343 e. The SMILES string of the molecule is O=C(CCc1ccc2ccccc2n1)N1CCCCC1. The zero-order chi connectivity index (χ0) is 13.8. The summed E-state index contributed by atoms with van der Waals surface area (Å²) in [4.78, 5) is 18.8. The molecule has 1 aromatic heterocycles. The van der Waals surface area contributed by atoms with E-state index in [1.165, 1.54) is 6.42 Å². The molecule has 0 radical (unpaired) electrons. The topological polar surface area (TPSA) is 33.2 Å². The molecule has 0 atom stereocenters. The van der Waals surface area contributed by atoms with Crippen molar-refractivity contribution in [1.82, 2.24) is 9.88 Å². The minimum Gasteiger partial charge on any atom is -0.343 e. The molecule has 2 aromatic rings. The van der Waals surface area contributed by atoms with E-state index >= 15 is 0 Å². The van der Waals surface area contributed by atoms with Gasteiger partial charge in [0.05, 0.1) is 5.52 Å². The number of aromatic nitrogens is 1. The Kier molecular flexibility index (Phi) is 3.95. The second-order valence-corrected chi connectivity index (χ2v) is 5.44. The number of likely N-dealkylation sites (tertiary alicyclic amines) is 1. The average molecular weight is 268 g/mol. The first-order valence-corrected chi connectivity index (χ1v) is 7.45. The Morgan fingerprint density at radius 2 is 1.85 bits per heavy atom. The van der Waals surface area contributed by atoms with Crippen LogP contribution in [-0.2, 0) is 11.2 Å². The molecule has 20 heavy (non-hydrogen) atoms. The number of carbonyl (C=O) groups is 1. The van der Waals surface area contributed by atoms with Crippen molar-refractivity contribution in [3.05, 3.63) is 42.1 Å². The van der Waals surface area contributed by atoms with Gasteiger partial charge in [-0.05, 0) is 37.8 Å². The number of piperidine rings is 1. The Morgan fingerprint density at radius 3 is 2.70 bits per heavy atom. The van der Waals surface area contributed by atoms with Gasteiger partial charge < -0.3 is 4.90 Å². The number of rotatable bonds is 3. The van der Waals surface area contributed by atoms with E-state index in [2.05, 4.69) is 17.1 Å². The van der Waals surface area contributed by atoms with Crippen molar-refractivity contribution in [2.45, 2.75) is 32.1 Å². The minimum atomic E-state index is 0.277. The van der Waals surface area contributed by atoms with E-state index < -0.39 is 0 Å². The highest BCUT2D eigenvalue weighted by molar-refractivity contribution is 5.79. The Labute approximate surface area is 119 Å². The van der Waals surface area contributed by atoms with Crippen molar-refractivity contribution in [2.75, 3.05) is 13.1 Å². The number of hydrogen-bond donors (Lipinski definition) is 0. The summed E-state index contributed by atoms with van der Waals surface area (Å²) in [5.41, 5.74) is 2.02. The van der Waals surface area contributed by atoms with Crippen LogP contribution in [0.15, 0.2) is 36.4 Å². The van der Waals surface area contributed by atoms with Crippen molar-refractivity contribution in [3.8, 4) is 0 Å². The summed E-state index contributed by atoms with van der Waals surface area (Å²) in [6.45, 7) is 1.87. The number of aryl methyl sites for hydroxylation is 1. The quantitative estimate of drug-likeness (QED) is 0.856. The first-order chi connectivity index (χ1) is 9.83. The van der Waals surface area contributed by atoms with Gasteiger partial charge in [-0.25, -0.2) is 0 Å². The first-order valence-electron chi connectivity index (χ1n) is 7.45. The summed E-state index contributed by atoms with van der Waals surface area (Å²) in [6.07, 6.45) is 4.88. The van der Waals surface area contributed by atoms with E-state index in [9.17, 15) is 4.79 Å². The highest BCUT2D eigenvalue weighted by atomic mass is 16.2. The van der Waals surface area contributed by atoms with Crippen LogP contribution in [0.2, 0.25) is 0 Å². The van der Waals surface area contributed by atoms with E-state index in [-0.39, 0.29) is 5.91 Å². The smallest absolute Gasteiger partial charge is 0.222 e. The monoisotopic (exact) mass is 268 g/mol. The lowest BCUT2D eigenvalue weighted by atomic mass is 10.1. The number of fused-ring (bicyclic) bond motifs is 1. The molecule has 1 aliphatic rings. The molecule has 3 heteroatoms. The summed E-state index contributed by atoms with van der Waals surface area (Å²) >= 11 is 0. The Balaban J connectivity index is 1.62. The number of benzene rings is 1. The van der Waals surface area contributed by atoms with Crippen LogP contribution in [0.25, 0.3) is 10.9 Å². The number of carbonyl (C=O) groups excluding carboxylic acids is 1. The van der Waals surface area contributed by atoms with Gasteiger partial charge in [0, 0.05) is 30.6 Å². The van der Waals surface area contributed by atoms with Gasteiger partial charge in [-0.2, -0.15) is 0 Å². The second-order valence-electron chi connectivity index (χ2n) is 5.44. The summed E-state index contributed by atoms with van der Waals surface area (Å²) < 4.78 is 0. The molecule has 0 spiro atoms. The van der Waals surface area contributed by atoms with Crippen molar-refractivity contribution < 1.29 is 4.79 Å². The fourth-order valence-corrected chi connectivity index (χ4v) is 2.78. The molecule has 0 N–H and O–H groups in total. The number of hydrogen-bond acceptors (Lipinski definition) is 2. The molecule has 1 aromatic carbocycles. The maximum atomic E-state index is 12.1. The number of para-hydroxylation sites is 1. The molecule has 1 saturated heterocycles. The molecular formula is C17H20N2O. The van der Waals surface area contributed by atoms with Crippen molar-refractivity contribution in [2.24, 2.45) is 0 Å². The normalized spacial score (nSPS) is 15.5. The van der Waals surface area contributed by atoms with E-state index in [4.69, 9.17) is 0 Å². The zero-order valence-electron chi connectivity index (χ0n) is 11.7. The molecule has 3 rings (SSSR count).